The van der Waals surface area contributed by atoms with E-state index >= 15 is 0 Å². The van der Waals surface area contributed by atoms with Crippen LogP contribution in [0.4, 0.5) is 13.2 Å². The summed E-state index contributed by atoms with van der Waals surface area (Å²) in [5, 5.41) is 9.02. The van der Waals surface area contributed by atoms with Gasteiger partial charge in [0, 0.05) is 0 Å². The zero-order chi connectivity index (χ0) is 13.1. The third-order valence-corrected chi connectivity index (χ3v) is 2.74. The van der Waals surface area contributed by atoms with Gasteiger partial charge in [0.05, 0.1) is 0 Å². The maximum absolute atomic E-state index is 13.1. The van der Waals surface area contributed by atoms with E-state index in [0.29, 0.717) is 0 Å². The summed E-state index contributed by atoms with van der Waals surface area (Å²) in [7, 11) is 0. The van der Waals surface area contributed by atoms with Crippen LogP contribution in [0.3, 0.4) is 0 Å². The van der Waals surface area contributed by atoms with Gasteiger partial charge < -0.3 is 5.11 Å². The molecule has 0 bridgehead atoms. The van der Waals surface area contributed by atoms with E-state index in [4.69, 9.17) is 5.11 Å². The molecule has 94 valence electrons. The minimum absolute atomic E-state index is 0.140. The third kappa shape index (κ3) is 2.28. The molecule has 0 amide bonds. The highest BCUT2D eigenvalue weighted by Crippen LogP contribution is 2.44. The monoisotopic (exact) mass is 246 g/mol. The summed E-state index contributed by atoms with van der Waals surface area (Å²) in [6, 6.07) is 6.79. The molecule has 0 aliphatic carbocycles. The normalized spacial score (nSPS) is 15.3. The van der Waals surface area contributed by atoms with E-state index in [1.807, 2.05) is 0 Å². The SMILES string of the molecule is CCCC(C(=O)O)(c1ccccc1)C(F)(F)F. The topological polar surface area (TPSA) is 37.3 Å². The second kappa shape index (κ2) is 4.77. The Kier molecular flexibility index (Phi) is 3.80. The van der Waals surface area contributed by atoms with Crippen LogP contribution in [0.2, 0.25) is 0 Å². The van der Waals surface area contributed by atoms with Crippen LogP contribution in [-0.4, -0.2) is 17.3 Å². The molecule has 2 nitrogen and oxygen atoms in total. The molecule has 1 aromatic carbocycles. The van der Waals surface area contributed by atoms with Gasteiger partial charge >= 0.3 is 12.1 Å². The molecule has 17 heavy (non-hydrogen) atoms. The van der Waals surface area contributed by atoms with Crippen LogP contribution < -0.4 is 0 Å². The number of carboxylic acids is 1. The molecule has 0 saturated heterocycles. The van der Waals surface area contributed by atoms with Crippen LogP contribution >= 0.6 is 0 Å². The van der Waals surface area contributed by atoms with Crippen molar-refractivity contribution >= 4 is 5.97 Å². The second-order valence-electron chi connectivity index (χ2n) is 3.82. The fourth-order valence-electron chi connectivity index (χ4n) is 1.90. The minimum atomic E-state index is -4.81. The standard InChI is InChI=1S/C12H13F3O2/c1-2-8-11(10(16)17,12(13,14)15)9-6-4-3-5-7-9/h3-7H,2,8H2,1H3,(H,16,17). The number of carbonyl (C=O) groups is 1. The van der Waals surface area contributed by atoms with Gasteiger partial charge in [-0.1, -0.05) is 43.7 Å². The number of carboxylic acid groups (broad SMARTS) is 1. The molecule has 1 atom stereocenters. The molecule has 1 rings (SSSR count). The highest BCUT2D eigenvalue weighted by atomic mass is 19.4. The Morgan fingerprint density at radius 3 is 2.12 bits per heavy atom. The molecule has 0 spiro atoms. The van der Waals surface area contributed by atoms with Crippen molar-refractivity contribution in [3.8, 4) is 0 Å². The predicted molar refractivity (Wildman–Crippen MR) is 56.7 cm³/mol. The number of rotatable bonds is 4. The van der Waals surface area contributed by atoms with Crippen LogP contribution in [0.15, 0.2) is 30.3 Å². The van der Waals surface area contributed by atoms with Gasteiger partial charge in [-0.25, -0.2) is 0 Å². The Hall–Kier alpha value is -1.52. The Balaban J connectivity index is 3.41. The lowest BCUT2D eigenvalue weighted by molar-refractivity contribution is -0.207. The minimum Gasteiger partial charge on any atom is -0.480 e. The van der Waals surface area contributed by atoms with Crippen molar-refractivity contribution in [2.75, 3.05) is 0 Å². The van der Waals surface area contributed by atoms with Crippen molar-refractivity contribution in [1.82, 2.24) is 0 Å². The van der Waals surface area contributed by atoms with Crippen LogP contribution in [0.5, 0.6) is 0 Å². The van der Waals surface area contributed by atoms with Crippen LogP contribution in [0.25, 0.3) is 0 Å². The Morgan fingerprint density at radius 1 is 1.24 bits per heavy atom. The van der Waals surface area contributed by atoms with E-state index in [1.54, 1.807) is 6.07 Å². The lowest BCUT2D eigenvalue weighted by atomic mass is 9.76. The zero-order valence-electron chi connectivity index (χ0n) is 9.29. The van der Waals surface area contributed by atoms with Gasteiger partial charge in [0.2, 0.25) is 0 Å². The summed E-state index contributed by atoms with van der Waals surface area (Å²) in [6.07, 6.45) is -5.13. The summed E-state index contributed by atoms with van der Waals surface area (Å²) < 4.78 is 39.4. The van der Waals surface area contributed by atoms with Crippen LogP contribution in [0.1, 0.15) is 25.3 Å². The van der Waals surface area contributed by atoms with E-state index < -0.39 is 24.0 Å². The van der Waals surface area contributed by atoms with E-state index in [9.17, 15) is 18.0 Å². The molecule has 1 N–H and O–H groups in total. The average molecular weight is 246 g/mol. The van der Waals surface area contributed by atoms with Gasteiger partial charge in [-0.2, -0.15) is 13.2 Å². The first-order valence-corrected chi connectivity index (χ1v) is 5.22. The van der Waals surface area contributed by atoms with Crippen LogP contribution in [0, 0.1) is 0 Å². The van der Waals surface area contributed by atoms with Crippen molar-refractivity contribution in [1.29, 1.82) is 0 Å². The zero-order valence-corrected chi connectivity index (χ0v) is 9.29. The summed E-state index contributed by atoms with van der Waals surface area (Å²) in [5.41, 5.74) is -3.02. The molecule has 0 heterocycles. The first-order valence-electron chi connectivity index (χ1n) is 5.22. The van der Waals surface area contributed by atoms with Gasteiger partial charge in [0.15, 0.2) is 5.41 Å². The summed E-state index contributed by atoms with van der Waals surface area (Å²) in [5.74, 6) is -1.85. The Bertz CT molecular complexity index is 386. The van der Waals surface area contributed by atoms with E-state index in [2.05, 4.69) is 0 Å². The molecular weight excluding hydrogens is 233 g/mol. The number of alkyl halides is 3. The van der Waals surface area contributed by atoms with E-state index in [-0.39, 0.29) is 12.0 Å². The molecular formula is C12H13F3O2. The molecule has 0 radical (unpaired) electrons. The van der Waals surface area contributed by atoms with Gasteiger partial charge in [-0.3, -0.25) is 4.79 Å². The highest BCUT2D eigenvalue weighted by Gasteiger charge is 2.61. The molecule has 0 aliphatic rings. The fourth-order valence-corrected chi connectivity index (χ4v) is 1.90. The van der Waals surface area contributed by atoms with Gasteiger partial charge in [-0.05, 0) is 12.0 Å². The first kappa shape index (κ1) is 13.5. The van der Waals surface area contributed by atoms with Gasteiger partial charge in [0.25, 0.3) is 0 Å². The molecule has 0 saturated carbocycles. The maximum atomic E-state index is 13.1. The van der Waals surface area contributed by atoms with Crippen molar-refractivity contribution in [3.05, 3.63) is 35.9 Å². The van der Waals surface area contributed by atoms with Crippen molar-refractivity contribution in [3.63, 3.8) is 0 Å². The summed E-state index contributed by atoms with van der Waals surface area (Å²) in [4.78, 5) is 11.1. The molecule has 0 aromatic heterocycles. The van der Waals surface area contributed by atoms with E-state index in [1.165, 1.54) is 31.2 Å². The highest BCUT2D eigenvalue weighted by molar-refractivity contribution is 5.82. The maximum Gasteiger partial charge on any atom is 0.408 e. The fraction of sp³-hybridized carbons (Fsp3) is 0.417. The smallest absolute Gasteiger partial charge is 0.408 e. The second-order valence-corrected chi connectivity index (χ2v) is 3.82. The van der Waals surface area contributed by atoms with Gasteiger partial charge in [-0.15, -0.1) is 0 Å². The molecule has 0 fully saturated rings. The summed E-state index contributed by atoms with van der Waals surface area (Å²) >= 11 is 0. The Morgan fingerprint density at radius 2 is 1.76 bits per heavy atom. The lowest BCUT2D eigenvalue weighted by Gasteiger charge is -2.31. The number of hydrogen-bond donors (Lipinski definition) is 1. The number of halogens is 3. The molecule has 0 aliphatic heterocycles. The molecule has 5 heteroatoms. The Labute approximate surface area is 97.1 Å². The predicted octanol–water partition coefficient (Wildman–Crippen LogP) is 3.37. The third-order valence-electron chi connectivity index (χ3n) is 2.74. The van der Waals surface area contributed by atoms with Gasteiger partial charge in [0.1, 0.15) is 0 Å². The van der Waals surface area contributed by atoms with E-state index in [0.717, 1.165) is 0 Å². The lowest BCUT2D eigenvalue weighted by Crippen LogP contribution is -2.49. The number of hydrogen-bond acceptors (Lipinski definition) is 1. The molecule has 1 unspecified atom stereocenters. The quantitative estimate of drug-likeness (QED) is 0.884. The van der Waals surface area contributed by atoms with Crippen LogP contribution in [-0.2, 0) is 10.2 Å². The average Bonchev–Trinajstić information content (AvgIpc) is 2.24. The number of aliphatic carboxylic acids is 1. The van der Waals surface area contributed by atoms with Crippen molar-refractivity contribution in [2.45, 2.75) is 31.4 Å². The van der Waals surface area contributed by atoms with Crippen molar-refractivity contribution < 1.29 is 23.1 Å². The number of benzene rings is 1. The first-order chi connectivity index (χ1) is 7.86. The molecule has 1 aromatic rings. The largest absolute Gasteiger partial charge is 0.480 e. The summed E-state index contributed by atoms with van der Waals surface area (Å²) in [6.45, 7) is 1.53. The van der Waals surface area contributed by atoms with Crippen molar-refractivity contribution in [2.24, 2.45) is 0 Å².